The van der Waals surface area contributed by atoms with Crippen molar-refractivity contribution in [3.63, 3.8) is 0 Å². The maximum atomic E-state index is 8.95. The van der Waals surface area contributed by atoms with E-state index in [0.29, 0.717) is 23.7 Å². The van der Waals surface area contributed by atoms with Gasteiger partial charge in [-0.2, -0.15) is 0 Å². The van der Waals surface area contributed by atoms with Gasteiger partial charge in [-0.1, -0.05) is 0 Å². The van der Waals surface area contributed by atoms with Gasteiger partial charge in [0.1, 0.15) is 0 Å². The van der Waals surface area contributed by atoms with Crippen LogP contribution in [0.3, 0.4) is 0 Å². The van der Waals surface area contributed by atoms with Gasteiger partial charge in [-0.05, 0) is 0 Å². The van der Waals surface area contributed by atoms with E-state index in [-0.39, 0.29) is 7.25 Å². The Balaban J connectivity index is 1.70. The van der Waals surface area contributed by atoms with E-state index in [1.54, 1.807) is 0 Å². The van der Waals surface area contributed by atoms with Crippen molar-refractivity contribution in [2.24, 2.45) is 11.8 Å². The van der Waals surface area contributed by atoms with E-state index < -0.39 is 21.5 Å². The van der Waals surface area contributed by atoms with E-state index in [2.05, 4.69) is 166 Å². The average molecular weight is 800 g/mol. The van der Waals surface area contributed by atoms with Crippen molar-refractivity contribution in [3.8, 4) is 22.3 Å². The van der Waals surface area contributed by atoms with Gasteiger partial charge in [0.25, 0.3) is 0 Å². The third-order valence-electron chi connectivity index (χ3n) is 12.5. The van der Waals surface area contributed by atoms with E-state index in [1.807, 2.05) is 0 Å². The minimum atomic E-state index is -4.99. The number of fused-ring (bicyclic) bond motifs is 2. The van der Waals surface area contributed by atoms with Crippen molar-refractivity contribution < 1.29 is 15.6 Å². The third-order valence-corrected chi connectivity index (χ3v) is 64.1. The van der Waals surface area contributed by atoms with Crippen LogP contribution in [0.2, 0.25) is 13.1 Å². The zero-order valence-electron chi connectivity index (χ0n) is 31.9. The summed E-state index contributed by atoms with van der Waals surface area (Å²) in [5.74, 6) is -0.134. The van der Waals surface area contributed by atoms with Crippen molar-refractivity contribution in [1.29, 1.82) is 0 Å². The number of benzene rings is 4. The molecule has 0 spiro atoms. The Morgan fingerprint density at radius 1 is 0.560 bits per heavy atom. The fraction of sp³-hybridized carbons (Fsp3) is 0.391. The molecule has 263 valence electrons. The van der Waals surface area contributed by atoms with Gasteiger partial charge in [0, 0.05) is 0 Å². The van der Waals surface area contributed by atoms with Crippen LogP contribution in [0, 0.1) is 11.8 Å². The number of halogens is 2. The minimum absolute atomic E-state index is 0.0772. The topological polar surface area (TPSA) is 0 Å². The molecular formula is C46H57Cl2SiZr. The molecule has 0 N–H and O–H groups in total. The number of rotatable bonds is 11. The van der Waals surface area contributed by atoms with Crippen molar-refractivity contribution in [2.75, 3.05) is 0 Å². The molecule has 4 heteroatoms. The second kappa shape index (κ2) is 14.5. The summed E-state index contributed by atoms with van der Waals surface area (Å²) in [6.07, 6.45) is 7.27. The predicted molar refractivity (Wildman–Crippen MR) is 223 cm³/mol. The van der Waals surface area contributed by atoms with Crippen molar-refractivity contribution in [1.82, 2.24) is 0 Å². The summed E-state index contributed by atoms with van der Waals surface area (Å²) in [4.78, 5) is 0. The first-order valence-corrected chi connectivity index (χ1v) is 35.5. The summed E-state index contributed by atoms with van der Waals surface area (Å²) < 4.78 is 0.154. The van der Waals surface area contributed by atoms with Gasteiger partial charge in [-0.25, -0.2) is 0 Å². The van der Waals surface area contributed by atoms with Crippen LogP contribution >= 0.6 is 17.0 Å². The van der Waals surface area contributed by atoms with Gasteiger partial charge in [-0.15, -0.1) is 0 Å². The molecular weight excluding hydrogens is 743 g/mol. The van der Waals surface area contributed by atoms with Crippen LogP contribution in [-0.4, -0.2) is 5.92 Å². The molecule has 4 aromatic carbocycles. The molecule has 2 aliphatic carbocycles. The molecule has 0 heterocycles. The molecule has 50 heavy (non-hydrogen) atoms. The predicted octanol–water partition coefficient (Wildman–Crippen LogP) is 14.9. The molecule has 0 amide bonds. The van der Waals surface area contributed by atoms with E-state index in [1.165, 1.54) is 66.8 Å². The first-order chi connectivity index (χ1) is 23.8. The van der Waals surface area contributed by atoms with Gasteiger partial charge in [-0.3, -0.25) is 0 Å². The summed E-state index contributed by atoms with van der Waals surface area (Å²) in [5, 5.41) is 0. The first-order valence-electron chi connectivity index (χ1n) is 19.2. The Labute approximate surface area is 312 Å². The standard InChI is InChI=1S/2C22H25.C2H7Si.2ClH.Zr/c2*1-5-16(4)19-13-18-11-12-20(15(2)3)22(21(18)14-19)17-9-7-6-8-10-17;1-3-2;;;/h2*6-16H,5H2,1-4H3;3H,1-2H3;2*1H;/q;;;;;+2/p-2. The molecule has 0 aliphatic heterocycles. The summed E-state index contributed by atoms with van der Waals surface area (Å²) in [6, 6.07) is 31.8. The molecule has 0 radical (unpaired) electrons. The molecule has 2 aliphatic rings. The molecule has 6 rings (SSSR count). The zero-order chi connectivity index (χ0) is 36.1. The quantitative estimate of drug-likeness (QED) is 0.133. The average Bonchev–Trinajstić information content (AvgIpc) is 3.71. The normalized spacial score (nSPS) is 19.2. The van der Waals surface area contributed by atoms with E-state index in [9.17, 15) is 0 Å². The SMILES string of the molecule is CCC(C)C1=Cc2c(ccc(C(C)C)c2-c2ccccc2)[CH]1[Zr]([Cl])([Cl])([CH]1C(C(C)CC)=Cc2c1ccc(C(C)C)c2-c1ccccc1)[SiH](C)C. The second-order valence-electron chi connectivity index (χ2n) is 16.3. The molecule has 0 fully saturated rings. The van der Waals surface area contributed by atoms with Gasteiger partial charge >= 0.3 is 315 Å². The molecule has 0 saturated carbocycles. The van der Waals surface area contributed by atoms with Crippen LogP contribution < -0.4 is 0 Å². The van der Waals surface area contributed by atoms with Crippen LogP contribution in [0.15, 0.2) is 96.1 Å². The molecule has 4 atom stereocenters. The first kappa shape index (κ1) is 37.8. The Morgan fingerprint density at radius 2 is 0.920 bits per heavy atom. The van der Waals surface area contributed by atoms with E-state index >= 15 is 0 Å². The van der Waals surface area contributed by atoms with Crippen LogP contribution in [0.4, 0.5) is 0 Å². The second-order valence-corrected chi connectivity index (χ2v) is 58.8. The Hall–Kier alpha value is -1.96. The Morgan fingerprint density at radius 3 is 1.22 bits per heavy atom. The van der Waals surface area contributed by atoms with Gasteiger partial charge < -0.3 is 0 Å². The maximum absolute atomic E-state index is 8.95. The van der Waals surface area contributed by atoms with Crippen molar-refractivity contribution >= 4 is 35.1 Å². The summed E-state index contributed by atoms with van der Waals surface area (Å²) in [6.45, 7) is 23.8. The van der Waals surface area contributed by atoms with Gasteiger partial charge in [0.15, 0.2) is 0 Å². The molecule has 0 nitrogen and oxygen atoms in total. The number of hydrogen-bond donors (Lipinski definition) is 0. The van der Waals surface area contributed by atoms with Crippen molar-refractivity contribution in [3.05, 3.63) is 129 Å². The zero-order valence-corrected chi connectivity index (χ0v) is 37.1. The van der Waals surface area contributed by atoms with Crippen LogP contribution in [0.1, 0.15) is 121 Å². The summed E-state index contributed by atoms with van der Waals surface area (Å²) in [5.41, 5.74) is 16.6. The van der Waals surface area contributed by atoms with E-state index in [4.69, 9.17) is 17.0 Å². The van der Waals surface area contributed by atoms with Crippen molar-refractivity contribution in [2.45, 2.75) is 100 Å². The molecule has 4 unspecified atom stereocenters. The number of hydrogen-bond acceptors (Lipinski definition) is 0. The molecule has 0 aromatic heterocycles. The summed E-state index contributed by atoms with van der Waals surface area (Å²) >= 11 is -4.99. The number of allylic oxidation sites excluding steroid dienone is 2. The fourth-order valence-electron chi connectivity index (χ4n) is 9.18. The van der Waals surface area contributed by atoms with E-state index in [0.717, 1.165) is 12.8 Å². The monoisotopic (exact) mass is 797 g/mol. The fourth-order valence-corrected chi connectivity index (χ4v) is 40.4. The molecule has 4 aromatic rings. The van der Waals surface area contributed by atoms with Crippen LogP contribution in [-0.2, 0) is 15.6 Å². The Bertz CT molecular complexity index is 1800. The summed E-state index contributed by atoms with van der Waals surface area (Å²) in [7, 11) is 17.9. The van der Waals surface area contributed by atoms with Crippen LogP contribution in [0.5, 0.6) is 0 Å². The molecule has 0 bridgehead atoms. The van der Waals surface area contributed by atoms with Gasteiger partial charge in [0.05, 0.1) is 0 Å². The molecule has 0 saturated heterocycles. The van der Waals surface area contributed by atoms with Gasteiger partial charge in [0.2, 0.25) is 0 Å². The third kappa shape index (κ3) is 6.07. The van der Waals surface area contributed by atoms with Crippen LogP contribution in [0.25, 0.3) is 34.4 Å². The Kier molecular flexibility index (Phi) is 10.9.